The first kappa shape index (κ1) is 18.6. The Balaban J connectivity index is 1.37. The van der Waals surface area contributed by atoms with Gasteiger partial charge in [-0.15, -0.1) is 0 Å². The summed E-state index contributed by atoms with van der Waals surface area (Å²) in [5.41, 5.74) is 1.75. The van der Waals surface area contributed by atoms with Crippen LogP contribution in [0, 0.1) is 5.82 Å². The average molecular weight is 400 g/mol. The number of carbonyl (C=O) groups is 1. The van der Waals surface area contributed by atoms with E-state index >= 15 is 0 Å². The molecule has 0 N–H and O–H groups in total. The number of aryl methyl sites for hydroxylation is 1. The van der Waals surface area contributed by atoms with E-state index in [1.54, 1.807) is 6.07 Å². The Labute approximate surface area is 167 Å². The fourth-order valence-corrected chi connectivity index (χ4v) is 3.54. The maximum atomic E-state index is 13.6. The molecule has 4 rings (SSSR count). The van der Waals surface area contributed by atoms with Gasteiger partial charge in [0.15, 0.2) is 0 Å². The number of amides is 1. The highest BCUT2D eigenvalue weighted by atomic mass is 35.5. The van der Waals surface area contributed by atoms with Crippen molar-refractivity contribution >= 4 is 17.5 Å². The maximum Gasteiger partial charge on any atom is 0.232 e. The fourth-order valence-electron chi connectivity index (χ4n) is 3.43. The Bertz CT molecular complexity index is 977. The van der Waals surface area contributed by atoms with E-state index in [4.69, 9.17) is 16.1 Å². The molecule has 0 saturated carbocycles. The zero-order chi connectivity index (χ0) is 19.5. The van der Waals surface area contributed by atoms with Crippen molar-refractivity contribution in [2.75, 3.05) is 13.1 Å². The predicted octanol–water partition coefficient (Wildman–Crippen LogP) is 4.48. The van der Waals surface area contributed by atoms with E-state index in [9.17, 15) is 9.18 Å². The number of rotatable bonds is 6. The quantitative estimate of drug-likeness (QED) is 0.613. The van der Waals surface area contributed by atoms with E-state index < -0.39 is 5.82 Å². The summed E-state index contributed by atoms with van der Waals surface area (Å²) in [4.78, 5) is 18.5. The molecular weight excluding hydrogens is 381 g/mol. The molecule has 1 aliphatic rings. The second-order valence-electron chi connectivity index (χ2n) is 6.92. The third-order valence-corrected chi connectivity index (χ3v) is 5.23. The Morgan fingerprint density at radius 3 is 2.82 bits per heavy atom. The smallest absolute Gasteiger partial charge is 0.232 e. The van der Waals surface area contributed by atoms with Gasteiger partial charge in [0.1, 0.15) is 5.82 Å². The van der Waals surface area contributed by atoms with Crippen molar-refractivity contribution in [2.24, 2.45) is 0 Å². The predicted molar refractivity (Wildman–Crippen MR) is 103 cm³/mol. The third-order valence-electron chi connectivity index (χ3n) is 4.92. The molecule has 1 atom stereocenters. The van der Waals surface area contributed by atoms with Gasteiger partial charge in [0.25, 0.3) is 0 Å². The molecule has 0 spiro atoms. The summed E-state index contributed by atoms with van der Waals surface area (Å²) >= 11 is 5.71. The average Bonchev–Trinajstić information content (AvgIpc) is 3.32. The van der Waals surface area contributed by atoms with Crippen LogP contribution in [0.15, 0.2) is 53.1 Å². The van der Waals surface area contributed by atoms with Crippen molar-refractivity contribution < 1.29 is 13.7 Å². The van der Waals surface area contributed by atoms with Crippen LogP contribution in [0.5, 0.6) is 0 Å². The van der Waals surface area contributed by atoms with E-state index in [0.717, 1.165) is 12.8 Å². The molecule has 1 unspecified atom stereocenters. The minimum Gasteiger partial charge on any atom is -0.342 e. The van der Waals surface area contributed by atoms with Crippen LogP contribution in [0.4, 0.5) is 4.39 Å². The second-order valence-corrected chi connectivity index (χ2v) is 7.32. The molecule has 1 aliphatic heterocycles. The number of carbonyl (C=O) groups excluding carboxylic acids is 1. The van der Waals surface area contributed by atoms with E-state index in [1.807, 2.05) is 23.1 Å². The first-order chi connectivity index (χ1) is 13.6. The highest BCUT2D eigenvalue weighted by molar-refractivity contribution is 6.30. The zero-order valence-corrected chi connectivity index (χ0v) is 15.9. The van der Waals surface area contributed by atoms with Crippen LogP contribution < -0.4 is 0 Å². The molecule has 1 amide bonds. The van der Waals surface area contributed by atoms with Crippen LogP contribution in [-0.2, 0) is 11.2 Å². The van der Waals surface area contributed by atoms with Crippen LogP contribution in [0.2, 0.25) is 5.02 Å². The summed E-state index contributed by atoms with van der Waals surface area (Å²) in [5.74, 6) is 0.119. The van der Waals surface area contributed by atoms with Gasteiger partial charge in [-0.1, -0.05) is 47.1 Å². The Hall–Kier alpha value is -2.73. The van der Waals surface area contributed by atoms with Gasteiger partial charge in [-0.05, 0) is 36.6 Å². The highest BCUT2D eigenvalue weighted by Gasteiger charge is 2.34. The number of halogens is 2. The Morgan fingerprint density at radius 1 is 1.21 bits per heavy atom. The van der Waals surface area contributed by atoms with Gasteiger partial charge in [0.05, 0.1) is 10.9 Å². The first-order valence-corrected chi connectivity index (χ1v) is 9.58. The molecule has 28 heavy (non-hydrogen) atoms. The molecule has 5 nitrogen and oxygen atoms in total. The lowest BCUT2D eigenvalue weighted by molar-refractivity contribution is -0.127. The van der Waals surface area contributed by atoms with Gasteiger partial charge in [0, 0.05) is 25.1 Å². The van der Waals surface area contributed by atoms with Crippen LogP contribution in [0.3, 0.4) is 0 Å². The molecule has 3 aromatic rings. The van der Waals surface area contributed by atoms with Crippen LogP contribution in [0.1, 0.15) is 30.2 Å². The Morgan fingerprint density at radius 2 is 2.04 bits per heavy atom. The van der Waals surface area contributed by atoms with E-state index in [-0.39, 0.29) is 16.8 Å². The number of aromatic nitrogens is 2. The second kappa shape index (κ2) is 8.10. The number of hydrogen-bond donors (Lipinski definition) is 0. The molecule has 1 aromatic heterocycles. The van der Waals surface area contributed by atoms with Crippen LogP contribution >= 0.6 is 11.6 Å². The molecular formula is C21H19ClFN3O2. The number of benzene rings is 2. The SMILES string of the molecule is O=C1CC(c2nc(-c3ccc(Cl)c(F)c3)no2)CN1CCCc1ccccc1. The summed E-state index contributed by atoms with van der Waals surface area (Å²) in [7, 11) is 0. The summed E-state index contributed by atoms with van der Waals surface area (Å²) in [6.45, 7) is 1.26. The van der Waals surface area contributed by atoms with Gasteiger partial charge in [-0.2, -0.15) is 4.98 Å². The monoisotopic (exact) mass is 399 g/mol. The molecule has 0 aliphatic carbocycles. The standard InChI is InChI=1S/C21H19ClFN3O2/c22-17-9-8-15(11-18(17)23)20-24-21(28-25-20)16-12-19(27)26(13-16)10-4-7-14-5-2-1-3-6-14/h1-3,5-6,8-9,11,16H,4,7,10,12-13H2. The number of hydrogen-bond acceptors (Lipinski definition) is 4. The van der Waals surface area contributed by atoms with Crippen LogP contribution in [-0.4, -0.2) is 34.0 Å². The normalized spacial score (nSPS) is 16.7. The molecule has 0 radical (unpaired) electrons. The molecule has 144 valence electrons. The molecule has 2 heterocycles. The lowest BCUT2D eigenvalue weighted by Crippen LogP contribution is -2.26. The largest absolute Gasteiger partial charge is 0.342 e. The molecule has 0 bridgehead atoms. The summed E-state index contributed by atoms with van der Waals surface area (Å²) < 4.78 is 19.0. The topological polar surface area (TPSA) is 59.2 Å². The van der Waals surface area contributed by atoms with Gasteiger partial charge < -0.3 is 9.42 Å². The highest BCUT2D eigenvalue weighted by Crippen LogP contribution is 2.29. The molecule has 1 fully saturated rings. The number of nitrogens with zero attached hydrogens (tertiary/aromatic N) is 3. The lowest BCUT2D eigenvalue weighted by Gasteiger charge is -2.15. The van der Waals surface area contributed by atoms with E-state index in [2.05, 4.69) is 22.3 Å². The minimum absolute atomic E-state index is 0.0417. The van der Waals surface area contributed by atoms with E-state index in [1.165, 1.54) is 17.7 Å². The maximum absolute atomic E-state index is 13.6. The van der Waals surface area contributed by atoms with Crippen molar-refractivity contribution in [3.05, 3.63) is 70.8 Å². The van der Waals surface area contributed by atoms with Gasteiger partial charge >= 0.3 is 0 Å². The molecule has 1 saturated heterocycles. The zero-order valence-electron chi connectivity index (χ0n) is 15.1. The molecule has 7 heteroatoms. The van der Waals surface area contributed by atoms with Crippen molar-refractivity contribution in [3.63, 3.8) is 0 Å². The van der Waals surface area contributed by atoms with Crippen molar-refractivity contribution in [2.45, 2.75) is 25.2 Å². The first-order valence-electron chi connectivity index (χ1n) is 9.21. The summed E-state index contributed by atoms with van der Waals surface area (Å²) in [6, 6.07) is 14.6. The fraction of sp³-hybridized carbons (Fsp3) is 0.286. The van der Waals surface area contributed by atoms with Gasteiger partial charge in [-0.25, -0.2) is 4.39 Å². The Kier molecular flexibility index (Phi) is 5.39. The summed E-state index contributed by atoms with van der Waals surface area (Å²) in [6.07, 6.45) is 2.19. The lowest BCUT2D eigenvalue weighted by atomic mass is 10.1. The van der Waals surface area contributed by atoms with Crippen molar-refractivity contribution in [1.29, 1.82) is 0 Å². The van der Waals surface area contributed by atoms with Gasteiger partial charge in [-0.3, -0.25) is 4.79 Å². The molecule has 2 aromatic carbocycles. The van der Waals surface area contributed by atoms with Crippen LogP contribution in [0.25, 0.3) is 11.4 Å². The van der Waals surface area contributed by atoms with Crippen molar-refractivity contribution in [1.82, 2.24) is 15.0 Å². The van der Waals surface area contributed by atoms with Gasteiger partial charge in [0.2, 0.25) is 17.6 Å². The van der Waals surface area contributed by atoms with Crippen molar-refractivity contribution in [3.8, 4) is 11.4 Å². The minimum atomic E-state index is -0.536. The van der Waals surface area contributed by atoms with E-state index in [0.29, 0.717) is 36.8 Å². The summed E-state index contributed by atoms with van der Waals surface area (Å²) in [5, 5.41) is 3.97. The number of likely N-dealkylation sites (tertiary alicyclic amines) is 1. The third kappa shape index (κ3) is 4.07.